The maximum atomic E-state index is 13.9. The lowest BCUT2D eigenvalue weighted by Gasteiger charge is -2.30. The normalized spacial score (nSPS) is 18.6. The van der Waals surface area contributed by atoms with Crippen LogP contribution in [-0.4, -0.2) is 46.8 Å². The summed E-state index contributed by atoms with van der Waals surface area (Å²) in [6, 6.07) is 25.0. The van der Waals surface area contributed by atoms with Crippen molar-refractivity contribution in [2.45, 2.75) is 37.8 Å². The summed E-state index contributed by atoms with van der Waals surface area (Å²) in [5.74, 6) is -1.08. The summed E-state index contributed by atoms with van der Waals surface area (Å²) in [7, 11) is 0. The first-order valence-electron chi connectivity index (χ1n) is 12.3. The molecule has 3 aromatic carbocycles. The molecule has 188 valence electrons. The van der Waals surface area contributed by atoms with Crippen molar-refractivity contribution in [2.24, 2.45) is 0 Å². The zero-order valence-corrected chi connectivity index (χ0v) is 20.5. The number of anilines is 2. The standard InChI is InChI=1S/C29H28N4O4/c1-20-16-25(34)30-23-14-8-9-15-24(23)33(20)26(35)19-32-27(36)29(31-28(32)37,17-21-10-4-2-5-11-21)18-22-12-6-3-7-13-22/h2-15,20H,16-19H2,1H3,(H,30,34)(H,31,37). The second-order valence-corrected chi connectivity index (χ2v) is 9.61. The van der Waals surface area contributed by atoms with Crippen LogP contribution in [0.5, 0.6) is 0 Å². The number of amides is 5. The van der Waals surface area contributed by atoms with Crippen molar-refractivity contribution in [3.05, 3.63) is 96.1 Å². The first kappa shape index (κ1) is 24.2. The Morgan fingerprint density at radius 3 is 2.05 bits per heavy atom. The van der Waals surface area contributed by atoms with Gasteiger partial charge in [-0.2, -0.15) is 0 Å². The minimum Gasteiger partial charge on any atom is -0.324 e. The number of urea groups is 1. The number of para-hydroxylation sites is 2. The lowest BCUT2D eigenvalue weighted by molar-refractivity contribution is -0.134. The van der Waals surface area contributed by atoms with E-state index in [-0.39, 0.29) is 12.3 Å². The van der Waals surface area contributed by atoms with E-state index in [0.29, 0.717) is 24.2 Å². The van der Waals surface area contributed by atoms with Gasteiger partial charge in [0.1, 0.15) is 12.1 Å². The number of fused-ring (bicyclic) bond motifs is 1. The molecule has 1 unspecified atom stereocenters. The first-order chi connectivity index (χ1) is 17.9. The number of hydrogen-bond donors (Lipinski definition) is 2. The predicted octanol–water partition coefficient (Wildman–Crippen LogP) is 3.53. The fourth-order valence-corrected chi connectivity index (χ4v) is 5.19. The van der Waals surface area contributed by atoms with E-state index in [1.54, 1.807) is 31.2 Å². The van der Waals surface area contributed by atoms with Crippen LogP contribution < -0.4 is 15.5 Å². The van der Waals surface area contributed by atoms with Crippen LogP contribution in [0.2, 0.25) is 0 Å². The lowest BCUT2D eigenvalue weighted by Crippen LogP contribution is -2.52. The van der Waals surface area contributed by atoms with Gasteiger partial charge in [-0.15, -0.1) is 0 Å². The van der Waals surface area contributed by atoms with Crippen LogP contribution in [0, 0.1) is 0 Å². The fourth-order valence-electron chi connectivity index (χ4n) is 5.19. The third-order valence-corrected chi connectivity index (χ3v) is 6.86. The summed E-state index contributed by atoms with van der Waals surface area (Å²) in [4.78, 5) is 55.6. The van der Waals surface area contributed by atoms with Gasteiger partial charge in [-0.05, 0) is 30.2 Å². The Kier molecular flexibility index (Phi) is 6.48. The monoisotopic (exact) mass is 496 g/mol. The van der Waals surface area contributed by atoms with E-state index in [0.717, 1.165) is 16.0 Å². The maximum absolute atomic E-state index is 13.9. The third kappa shape index (κ3) is 4.82. The molecule has 0 saturated carbocycles. The zero-order valence-electron chi connectivity index (χ0n) is 20.5. The van der Waals surface area contributed by atoms with Crippen LogP contribution >= 0.6 is 0 Å². The van der Waals surface area contributed by atoms with E-state index in [9.17, 15) is 19.2 Å². The molecule has 5 amide bonds. The molecule has 8 heteroatoms. The molecule has 0 radical (unpaired) electrons. The van der Waals surface area contributed by atoms with Crippen molar-refractivity contribution in [1.82, 2.24) is 10.2 Å². The molecule has 3 aromatic rings. The Bertz CT molecular complexity index is 1300. The van der Waals surface area contributed by atoms with Gasteiger partial charge in [0.25, 0.3) is 5.91 Å². The van der Waals surface area contributed by atoms with Crippen molar-refractivity contribution < 1.29 is 19.2 Å². The molecule has 1 fully saturated rings. The average Bonchev–Trinajstić information content (AvgIpc) is 3.01. The van der Waals surface area contributed by atoms with Crippen LogP contribution in [-0.2, 0) is 27.2 Å². The minimum atomic E-state index is -1.22. The van der Waals surface area contributed by atoms with Gasteiger partial charge in [0.2, 0.25) is 11.8 Å². The summed E-state index contributed by atoms with van der Waals surface area (Å²) < 4.78 is 0. The number of nitrogens with zero attached hydrogens (tertiary/aromatic N) is 2. The highest BCUT2D eigenvalue weighted by Gasteiger charge is 2.52. The zero-order chi connectivity index (χ0) is 26.0. The molecule has 1 saturated heterocycles. The molecule has 1 atom stereocenters. The van der Waals surface area contributed by atoms with E-state index in [1.165, 1.54) is 4.90 Å². The molecule has 2 aliphatic rings. The minimum absolute atomic E-state index is 0.104. The fraction of sp³-hybridized carbons (Fsp3) is 0.241. The average molecular weight is 497 g/mol. The van der Waals surface area contributed by atoms with Gasteiger partial charge >= 0.3 is 6.03 Å². The highest BCUT2D eigenvalue weighted by molar-refractivity contribution is 6.12. The molecule has 2 aliphatic heterocycles. The molecule has 0 bridgehead atoms. The Labute approximate surface area is 215 Å². The highest BCUT2D eigenvalue weighted by Crippen LogP contribution is 2.32. The molecule has 0 spiro atoms. The number of imide groups is 1. The third-order valence-electron chi connectivity index (χ3n) is 6.86. The molecular formula is C29H28N4O4. The van der Waals surface area contributed by atoms with Gasteiger partial charge < -0.3 is 15.5 Å². The highest BCUT2D eigenvalue weighted by atomic mass is 16.2. The molecule has 2 N–H and O–H groups in total. The van der Waals surface area contributed by atoms with Crippen LogP contribution in [0.3, 0.4) is 0 Å². The van der Waals surface area contributed by atoms with E-state index >= 15 is 0 Å². The second-order valence-electron chi connectivity index (χ2n) is 9.61. The summed E-state index contributed by atoms with van der Waals surface area (Å²) in [6.45, 7) is 1.35. The number of carbonyl (C=O) groups excluding carboxylic acids is 4. The van der Waals surface area contributed by atoms with Crippen molar-refractivity contribution in [3.63, 3.8) is 0 Å². The van der Waals surface area contributed by atoms with Gasteiger partial charge in [0, 0.05) is 25.3 Å². The molecular weight excluding hydrogens is 468 g/mol. The number of carbonyl (C=O) groups is 4. The van der Waals surface area contributed by atoms with Gasteiger partial charge in [0.15, 0.2) is 0 Å². The Morgan fingerprint density at radius 1 is 0.865 bits per heavy atom. The molecule has 8 nitrogen and oxygen atoms in total. The van der Waals surface area contributed by atoms with E-state index in [4.69, 9.17) is 0 Å². The van der Waals surface area contributed by atoms with Gasteiger partial charge in [-0.1, -0.05) is 72.8 Å². The van der Waals surface area contributed by atoms with Crippen LogP contribution in [0.15, 0.2) is 84.9 Å². The summed E-state index contributed by atoms with van der Waals surface area (Å²) in [5, 5.41) is 5.75. The van der Waals surface area contributed by atoms with Crippen molar-refractivity contribution >= 4 is 35.1 Å². The molecule has 2 heterocycles. The maximum Gasteiger partial charge on any atom is 0.325 e. The van der Waals surface area contributed by atoms with E-state index in [1.807, 2.05) is 60.7 Å². The van der Waals surface area contributed by atoms with Gasteiger partial charge in [0.05, 0.1) is 11.4 Å². The summed E-state index contributed by atoms with van der Waals surface area (Å²) in [5.41, 5.74) is 1.64. The van der Waals surface area contributed by atoms with Crippen LogP contribution in [0.25, 0.3) is 0 Å². The van der Waals surface area contributed by atoms with E-state index in [2.05, 4.69) is 10.6 Å². The van der Waals surface area contributed by atoms with Gasteiger partial charge in [-0.25, -0.2) is 4.79 Å². The van der Waals surface area contributed by atoms with Crippen LogP contribution in [0.4, 0.5) is 16.2 Å². The number of rotatable bonds is 6. The van der Waals surface area contributed by atoms with Gasteiger partial charge in [-0.3, -0.25) is 19.3 Å². The van der Waals surface area contributed by atoms with Crippen LogP contribution in [0.1, 0.15) is 24.5 Å². The number of hydrogen-bond acceptors (Lipinski definition) is 4. The predicted molar refractivity (Wildman–Crippen MR) is 140 cm³/mol. The molecule has 0 aromatic heterocycles. The largest absolute Gasteiger partial charge is 0.325 e. The smallest absolute Gasteiger partial charge is 0.324 e. The van der Waals surface area contributed by atoms with Crippen molar-refractivity contribution in [2.75, 3.05) is 16.8 Å². The Balaban J connectivity index is 1.44. The summed E-state index contributed by atoms with van der Waals surface area (Å²) >= 11 is 0. The number of nitrogens with one attached hydrogen (secondary N) is 2. The molecule has 5 rings (SSSR count). The summed E-state index contributed by atoms with van der Waals surface area (Å²) in [6.07, 6.45) is 0.686. The molecule has 37 heavy (non-hydrogen) atoms. The Hall–Kier alpha value is -4.46. The van der Waals surface area contributed by atoms with Crippen molar-refractivity contribution in [1.29, 1.82) is 0 Å². The lowest BCUT2D eigenvalue weighted by atomic mass is 9.84. The Morgan fingerprint density at radius 2 is 1.43 bits per heavy atom. The molecule has 0 aliphatic carbocycles. The van der Waals surface area contributed by atoms with Crippen molar-refractivity contribution in [3.8, 4) is 0 Å². The van der Waals surface area contributed by atoms with E-state index < -0.39 is 36.0 Å². The SMILES string of the molecule is CC1CC(=O)Nc2ccccc2N1C(=O)CN1C(=O)NC(Cc2ccccc2)(Cc2ccccc2)C1=O. The quantitative estimate of drug-likeness (QED) is 0.510. The second kappa shape index (κ2) is 9.89. The first-order valence-corrected chi connectivity index (χ1v) is 12.3. The topological polar surface area (TPSA) is 98.8 Å². The number of benzene rings is 3.